The van der Waals surface area contributed by atoms with Crippen LogP contribution in [0.15, 0.2) is 77.7 Å². The van der Waals surface area contributed by atoms with Crippen molar-refractivity contribution in [1.82, 2.24) is 5.32 Å². The number of rotatable bonds is 8. The van der Waals surface area contributed by atoms with Gasteiger partial charge in [-0.2, -0.15) is 0 Å². The Morgan fingerprint density at radius 1 is 1.03 bits per heavy atom. The number of nitrogens with zero attached hydrogens (tertiary/aromatic N) is 1. The number of hydrogen-bond acceptors (Lipinski definition) is 5. The van der Waals surface area contributed by atoms with Crippen molar-refractivity contribution in [2.75, 3.05) is 5.75 Å². The van der Waals surface area contributed by atoms with Gasteiger partial charge in [-0.05, 0) is 35.4 Å². The summed E-state index contributed by atoms with van der Waals surface area (Å²) in [5, 5.41) is 14.9. The van der Waals surface area contributed by atoms with Crippen molar-refractivity contribution < 1.29 is 14.5 Å². The standard InChI is InChI=1S/C22H18ClN3O4S/c23-17-8-4-7-15(11-17)21(14-5-2-1-3-6-14)25-20(27)13-31-19-10-9-16(22(24)28)12-18(19)26(29)30/h1-12,21H,13H2,(H2,24,28)(H,25,27). The third-order valence-corrected chi connectivity index (χ3v) is 5.72. The molecule has 3 aromatic carbocycles. The first-order valence-corrected chi connectivity index (χ1v) is 10.5. The lowest BCUT2D eigenvalue weighted by molar-refractivity contribution is -0.387. The van der Waals surface area contributed by atoms with E-state index < -0.39 is 16.9 Å². The molecule has 3 rings (SSSR count). The molecule has 3 aromatic rings. The van der Waals surface area contributed by atoms with E-state index in [4.69, 9.17) is 17.3 Å². The second kappa shape index (κ2) is 10.1. The zero-order valence-corrected chi connectivity index (χ0v) is 17.7. The molecule has 0 heterocycles. The van der Waals surface area contributed by atoms with Gasteiger partial charge in [0.1, 0.15) is 0 Å². The highest BCUT2D eigenvalue weighted by Gasteiger charge is 2.20. The summed E-state index contributed by atoms with van der Waals surface area (Å²) in [5.41, 5.74) is 6.64. The van der Waals surface area contributed by atoms with Crippen LogP contribution in [0.5, 0.6) is 0 Å². The molecule has 0 aliphatic rings. The van der Waals surface area contributed by atoms with Gasteiger partial charge in [-0.15, -0.1) is 11.8 Å². The zero-order valence-electron chi connectivity index (χ0n) is 16.2. The van der Waals surface area contributed by atoms with Crippen molar-refractivity contribution in [1.29, 1.82) is 0 Å². The largest absolute Gasteiger partial charge is 0.366 e. The number of thioether (sulfide) groups is 1. The highest BCUT2D eigenvalue weighted by atomic mass is 35.5. The molecule has 0 spiro atoms. The summed E-state index contributed by atoms with van der Waals surface area (Å²) in [7, 11) is 0. The van der Waals surface area contributed by atoms with Crippen LogP contribution in [0.3, 0.4) is 0 Å². The van der Waals surface area contributed by atoms with Gasteiger partial charge in [-0.3, -0.25) is 19.7 Å². The van der Waals surface area contributed by atoms with E-state index in [1.165, 1.54) is 12.1 Å². The molecule has 0 fully saturated rings. The Morgan fingerprint density at radius 3 is 2.39 bits per heavy atom. The lowest BCUT2D eigenvalue weighted by atomic mass is 9.99. The number of benzene rings is 3. The average molecular weight is 456 g/mol. The maximum absolute atomic E-state index is 12.7. The maximum atomic E-state index is 12.7. The van der Waals surface area contributed by atoms with Crippen LogP contribution in [-0.2, 0) is 4.79 Å². The molecule has 0 aliphatic carbocycles. The maximum Gasteiger partial charge on any atom is 0.283 e. The fourth-order valence-corrected chi connectivity index (χ4v) is 3.99. The zero-order chi connectivity index (χ0) is 22.4. The average Bonchev–Trinajstić information content (AvgIpc) is 2.76. The summed E-state index contributed by atoms with van der Waals surface area (Å²) in [6.45, 7) is 0. The molecule has 0 radical (unpaired) electrons. The summed E-state index contributed by atoms with van der Waals surface area (Å²) in [5.74, 6) is -1.13. The summed E-state index contributed by atoms with van der Waals surface area (Å²) < 4.78 is 0. The predicted molar refractivity (Wildman–Crippen MR) is 120 cm³/mol. The molecule has 0 bridgehead atoms. The third-order valence-electron chi connectivity index (χ3n) is 4.42. The predicted octanol–water partition coefficient (Wildman–Crippen LogP) is 4.35. The quantitative estimate of drug-likeness (QED) is 0.297. The van der Waals surface area contributed by atoms with Gasteiger partial charge < -0.3 is 11.1 Å². The van der Waals surface area contributed by atoms with Crippen molar-refractivity contribution in [2.45, 2.75) is 10.9 Å². The molecule has 2 amide bonds. The van der Waals surface area contributed by atoms with E-state index in [2.05, 4.69) is 5.32 Å². The third kappa shape index (κ3) is 5.84. The van der Waals surface area contributed by atoms with Gasteiger partial charge in [-0.1, -0.05) is 54.1 Å². The Hall–Kier alpha value is -3.36. The molecule has 1 unspecified atom stereocenters. The minimum atomic E-state index is -0.760. The first kappa shape index (κ1) is 22.3. The normalized spacial score (nSPS) is 11.5. The molecule has 0 saturated carbocycles. The summed E-state index contributed by atoms with van der Waals surface area (Å²) in [6, 6.07) is 20.1. The Bertz CT molecular complexity index is 1120. The molecule has 9 heteroatoms. The van der Waals surface area contributed by atoms with Gasteiger partial charge in [0, 0.05) is 16.7 Å². The van der Waals surface area contributed by atoms with Crippen LogP contribution in [0.2, 0.25) is 5.02 Å². The lowest BCUT2D eigenvalue weighted by Crippen LogP contribution is -2.30. The molecule has 7 nitrogen and oxygen atoms in total. The van der Waals surface area contributed by atoms with Crippen molar-refractivity contribution in [3.63, 3.8) is 0 Å². The first-order valence-electron chi connectivity index (χ1n) is 9.16. The molecule has 0 aliphatic heterocycles. The number of hydrogen-bond donors (Lipinski definition) is 2. The van der Waals surface area contributed by atoms with Gasteiger partial charge in [0.25, 0.3) is 5.69 Å². The number of nitro benzene ring substituents is 1. The number of halogens is 1. The van der Waals surface area contributed by atoms with Crippen LogP contribution in [0.4, 0.5) is 5.69 Å². The molecule has 0 aromatic heterocycles. The second-order valence-electron chi connectivity index (χ2n) is 6.56. The van der Waals surface area contributed by atoms with Crippen molar-refractivity contribution in [3.8, 4) is 0 Å². The Balaban J connectivity index is 1.78. The van der Waals surface area contributed by atoms with Gasteiger partial charge in [-0.25, -0.2) is 0 Å². The summed E-state index contributed by atoms with van der Waals surface area (Å²) in [4.78, 5) is 35.0. The van der Waals surface area contributed by atoms with E-state index in [0.29, 0.717) is 5.02 Å². The molecular formula is C22H18ClN3O4S. The van der Waals surface area contributed by atoms with Crippen molar-refractivity contribution in [2.24, 2.45) is 5.73 Å². The topological polar surface area (TPSA) is 115 Å². The number of primary amides is 1. The van der Waals surface area contributed by atoms with Gasteiger partial charge in [0.05, 0.1) is 21.6 Å². The minimum Gasteiger partial charge on any atom is -0.366 e. The number of carbonyl (C=O) groups excluding carboxylic acids is 2. The molecule has 158 valence electrons. The van der Waals surface area contributed by atoms with E-state index >= 15 is 0 Å². The minimum absolute atomic E-state index is 0.0330. The van der Waals surface area contributed by atoms with Crippen LogP contribution in [0.25, 0.3) is 0 Å². The lowest BCUT2D eigenvalue weighted by Gasteiger charge is -2.20. The van der Waals surface area contributed by atoms with E-state index in [9.17, 15) is 19.7 Å². The van der Waals surface area contributed by atoms with E-state index in [1.807, 2.05) is 36.4 Å². The van der Waals surface area contributed by atoms with Crippen LogP contribution in [-0.4, -0.2) is 22.5 Å². The van der Waals surface area contributed by atoms with Crippen LogP contribution < -0.4 is 11.1 Å². The number of carbonyl (C=O) groups is 2. The number of nitrogens with two attached hydrogens (primary N) is 1. The van der Waals surface area contributed by atoms with Crippen molar-refractivity contribution >= 4 is 40.9 Å². The number of nitrogens with one attached hydrogen (secondary N) is 1. The highest BCUT2D eigenvalue weighted by Crippen LogP contribution is 2.30. The molecule has 3 N–H and O–H groups in total. The first-order chi connectivity index (χ1) is 14.8. The number of amides is 2. The van der Waals surface area contributed by atoms with E-state index in [1.54, 1.807) is 18.2 Å². The van der Waals surface area contributed by atoms with Gasteiger partial charge >= 0.3 is 0 Å². The fourth-order valence-electron chi connectivity index (χ4n) is 2.97. The molecule has 0 saturated heterocycles. The van der Waals surface area contributed by atoms with E-state index in [-0.39, 0.29) is 27.8 Å². The Labute approximate surface area is 187 Å². The van der Waals surface area contributed by atoms with Crippen LogP contribution in [0, 0.1) is 10.1 Å². The SMILES string of the molecule is NC(=O)c1ccc(SCC(=O)NC(c2ccccc2)c2cccc(Cl)c2)c([N+](=O)[O-])c1. The van der Waals surface area contributed by atoms with Crippen LogP contribution in [0.1, 0.15) is 27.5 Å². The van der Waals surface area contributed by atoms with Gasteiger partial charge in [0.15, 0.2) is 0 Å². The molecule has 31 heavy (non-hydrogen) atoms. The molecular weight excluding hydrogens is 438 g/mol. The smallest absolute Gasteiger partial charge is 0.283 e. The monoisotopic (exact) mass is 455 g/mol. The van der Waals surface area contributed by atoms with Crippen molar-refractivity contribution in [3.05, 3.63) is 105 Å². The number of nitro groups is 1. The van der Waals surface area contributed by atoms with Gasteiger partial charge in [0.2, 0.25) is 11.8 Å². The highest BCUT2D eigenvalue weighted by molar-refractivity contribution is 8.00. The second-order valence-corrected chi connectivity index (χ2v) is 8.01. The summed E-state index contributed by atoms with van der Waals surface area (Å²) >= 11 is 7.13. The fraction of sp³-hybridized carbons (Fsp3) is 0.0909. The van der Waals surface area contributed by atoms with Crippen LogP contribution >= 0.6 is 23.4 Å². The van der Waals surface area contributed by atoms with E-state index in [0.717, 1.165) is 29.0 Å². The Morgan fingerprint density at radius 2 is 1.74 bits per heavy atom. The Kier molecular flexibility index (Phi) is 7.28. The summed E-state index contributed by atoms with van der Waals surface area (Å²) in [6.07, 6.45) is 0. The molecule has 1 atom stereocenters.